The van der Waals surface area contributed by atoms with E-state index in [4.69, 9.17) is 9.40 Å². The molecule has 0 spiro atoms. The van der Waals surface area contributed by atoms with Gasteiger partial charge in [-0.1, -0.05) is 115 Å². The fourth-order valence-electron chi connectivity index (χ4n) is 7.93. The van der Waals surface area contributed by atoms with Crippen LogP contribution in [0.4, 0.5) is 0 Å². The highest BCUT2D eigenvalue weighted by Gasteiger charge is 2.46. The van der Waals surface area contributed by atoms with Crippen LogP contribution in [0.5, 0.6) is 0 Å². The van der Waals surface area contributed by atoms with Gasteiger partial charge in [0.15, 0.2) is 5.58 Å². The predicted octanol–water partition coefficient (Wildman–Crippen LogP) is 10.4. The normalized spacial score (nSPS) is 13.5. The van der Waals surface area contributed by atoms with Crippen molar-refractivity contribution in [2.45, 2.75) is 5.41 Å². The monoisotopic (exact) mass is 574 g/mol. The van der Waals surface area contributed by atoms with Crippen LogP contribution in [0.15, 0.2) is 162 Å². The van der Waals surface area contributed by atoms with Crippen molar-refractivity contribution in [2.75, 3.05) is 0 Å². The second-order valence-corrected chi connectivity index (χ2v) is 11.9. The Morgan fingerprint density at radius 3 is 2.04 bits per heavy atom. The van der Waals surface area contributed by atoms with E-state index in [9.17, 15) is 0 Å². The second kappa shape index (κ2) is 9.04. The van der Waals surface area contributed by atoms with E-state index in [-0.39, 0.29) is 0 Å². The Hall–Kier alpha value is -5.93. The van der Waals surface area contributed by atoms with Crippen molar-refractivity contribution in [1.29, 1.82) is 0 Å². The van der Waals surface area contributed by atoms with Gasteiger partial charge in [-0.3, -0.25) is 4.98 Å². The minimum Gasteiger partial charge on any atom is -0.454 e. The first-order chi connectivity index (χ1) is 22.3. The molecule has 6 aromatic carbocycles. The van der Waals surface area contributed by atoms with Gasteiger partial charge in [0.05, 0.1) is 27.7 Å². The summed E-state index contributed by atoms with van der Waals surface area (Å²) < 4.78 is 8.91. The first-order valence-electron chi connectivity index (χ1n) is 15.4. The zero-order valence-corrected chi connectivity index (χ0v) is 24.3. The van der Waals surface area contributed by atoms with Crippen molar-refractivity contribution < 1.29 is 4.42 Å². The number of furan rings is 1. The van der Waals surface area contributed by atoms with E-state index in [2.05, 4.69) is 138 Å². The fourth-order valence-corrected chi connectivity index (χ4v) is 7.93. The maximum absolute atomic E-state index is 6.56. The van der Waals surface area contributed by atoms with Gasteiger partial charge in [-0.2, -0.15) is 0 Å². The molecule has 0 N–H and O–H groups in total. The quantitative estimate of drug-likeness (QED) is 0.210. The molecule has 3 nitrogen and oxygen atoms in total. The van der Waals surface area contributed by atoms with Gasteiger partial charge in [-0.05, 0) is 69.8 Å². The summed E-state index contributed by atoms with van der Waals surface area (Å²) in [4.78, 5) is 4.99. The van der Waals surface area contributed by atoms with Crippen molar-refractivity contribution in [1.82, 2.24) is 9.55 Å². The SMILES string of the molecule is c1ccc(C2(c3ccccc3)c3ccccc3-c3cc4c(cc32)c2ncccc2n4-c2cccc3c2oc2ccccc23)cc1. The number of aromatic nitrogens is 2. The maximum Gasteiger partial charge on any atom is 0.159 e. The van der Waals surface area contributed by atoms with E-state index in [0.717, 1.165) is 49.6 Å². The zero-order chi connectivity index (χ0) is 29.5. The Morgan fingerprint density at radius 1 is 0.511 bits per heavy atom. The Labute approximate surface area is 259 Å². The predicted molar refractivity (Wildman–Crippen MR) is 183 cm³/mol. The van der Waals surface area contributed by atoms with Crippen molar-refractivity contribution in [3.63, 3.8) is 0 Å². The maximum atomic E-state index is 6.56. The number of fused-ring (bicyclic) bond motifs is 9. The average molecular weight is 575 g/mol. The number of nitrogens with zero attached hydrogens (tertiary/aromatic N) is 2. The molecule has 9 aromatic rings. The van der Waals surface area contributed by atoms with Crippen molar-refractivity contribution >= 4 is 43.9 Å². The summed E-state index contributed by atoms with van der Waals surface area (Å²) in [7, 11) is 0. The number of hydrogen-bond donors (Lipinski definition) is 0. The third-order valence-corrected chi connectivity index (χ3v) is 9.72. The molecule has 0 saturated heterocycles. The van der Waals surface area contributed by atoms with Gasteiger partial charge >= 0.3 is 0 Å². The van der Waals surface area contributed by atoms with Gasteiger partial charge < -0.3 is 8.98 Å². The third kappa shape index (κ3) is 3.17. The summed E-state index contributed by atoms with van der Waals surface area (Å²) in [5.74, 6) is 0. The molecule has 0 amide bonds. The van der Waals surface area contributed by atoms with E-state index in [1.807, 2.05) is 24.4 Å². The Bertz CT molecular complexity index is 2550. The van der Waals surface area contributed by atoms with Crippen LogP contribution in [-0.4, -0.2) is 9.55 Å². The fraction of sp³-hybridized carbons (Fsp3) is 0.0238. The van der Waals surface area contributed by atoms with E-state index >= 15 is 0 Å². The smallest absolute Gasteiger partial charge is 0.159 e. The molecule has 0 aliphatic heterocycles. The van der Waals surface area contributed by atoms with Gasteiger partial charge in [-0.25, -0.2) is 0 Å². The van der Waals surface area contributed by atoms with Crippen molar-refractivity contribution in [3.05, 3.63) is 180 Å². The number of para-hydroxylation sites is 2. The average Bonchev–Trinajstić information content (AvgIpc) is 3.74. The van der Waals surface area contributed by atoms with Gasteiger partial charge in [0.1, 0.15) is 5.58 Å². The number of rotatable bonds is 3. The summed E-state index contributed by atoms with van der Waals surface area (Å²) in [6, 6.07) is 54.5. The molecule has 0 atom stereocenters. The Kier molecular flexibility index (Phi) is 4.92. The van der Waals surface area contributed by atoms with Crippen molar-refractivity contribution in [2.24, 2.45) is 0 Å². The molecule has 3 heteroatoms. The summed E-state index contributed by atoms with van der Waals surface area (Å²) in [6.45, 7) is 0. The summed E-state index contributed by atoms with van der Waals surface area (Å²) in [5, 5.41) is 3.36. The molecule has 210 valence electrons. The van der Waals surface area contributed by atoms with Crippen LogP contribution in [0.1, 0.15) is 22.3 Å². The third-order valence-electron chi connectivity index (χ3n) is 9.72. The molecule has 0 saturated carbocycles. The molecular formula is C42H26N2O. The zero-order valence-electron chi connectivity index (χ0n) is 24.3. The molecule has 0 radical (unpaired) electrons. The molecule has 45 heavy (non-hydrogen) atoms. The number of pyridine rings is 1. The summed E-state index contributed by atoms with van der Waals surface area (Å²) >= 11 is 0. The van der Waals surface area contributed by atoms with Crippen LogP contribution in [-0.2, 0) is 5.41 Å². The van der Waals surface area contributed by atoms with Crippen LogP contribution in [0, 0.1) is 0 Å². The first kappa shape index (κ1) is 24.5. The van der Waals surface area contributed by atoms with E-state index in [0.29, 0.717) is 0 Å². The lowest BCUT2D eigenvalue weighted by Gasteiger charge is -2.33. The van der Waals surface area contributed by atoms with E-state index in [1.165, 1.54) is 33.4 Å². The van der Waals surface area contributed by atoms with Crippen molar-refractivity contribution in [3.8, 4) is 16.8 Å². The standard InChI is InChI=1S/C42H26N2O/c1-3-13-27(14-4-1)42(28-15-5-2-6-16-28)34-20-9-7-17-29(34)32-26-38-33(25-35(32)42)40-36(22-12-24-43-40)44(38)37-21-11-19-31-30-18-8-10-23-39(30)45-41(31)37/h1-26H. The highest BCUT2D eigenvalue weighted by molar-refractivity contribution is 6.13. The molecule has 3 aromatic heterocycles. The highest BCUT2D eigenvalue weighted by atomic mass is 16.3. The van der Waals surface area contributed by atoms with Gasteiger partial charge in [0.25, 0.3) is 0 Å². The Morgan fingerprint density at radius 2 is 1.22 bits per heavy atom. The molecular weight excluding hydrogens is 548 g/mol. The van der Waals surface area contributed by atoms with E-state index in [1.54, 1.807) is 0 Å². The molecule has 1 aliphatic rings. The molecule has 0 bridgehead atoms. The Balaban J connectivity index is 1.37. The minimum atomic E-state index is -0.468. The summed E-state index contributed by atoms with van der Waals surface area (Å²) in [5.41, 5.74) is 13.1. The lowest BCUT2D eigenvalue weighted by molar-refractivity contribution is 0.666. The lowest BCUT2D eigenvalue weighted by Crippen LogP contribution is -2.28. The van der Waals surface area contributed by atoms with Crippen LogP contribution in [0.3, 0.4) is 0 Å². The molecule has 0 fully saturated rings. The van der Waals surface area contributed by atoms with Crippen LogP contribution in [0.25, 0.3) is 60.7 Å². The highest BCUT2D eigenvalue weighted by Crippen LogP contribution is 2.57. The topological polar surface area (TPSA) is 31.0 Å². The molecule has 3 heterocycles. The van der Waals surface area contributed by atoms with Gasteiger partial charge in [-0.15, -0.1) is 0 Å². The molecule has 10 rings (SSSR count). The van der Waals surface area contributed by atoms with Crippen LogP contribution >= 0.6 is 0 Å². The van der Waals surface area contributed by atoms with Gasteiger partial charge in [0, 0.05) is 22.4 Å². The summed E-state index contributed by atoms with van der Waals surface area (Å²) in [6.07, 6.45) is 1.90. The molecule has 0 unspecified atom stereocenters. The number of hydrogen-bond acceptors (Lipinski definition) is 2. The molecule has 1 aliphatic carbocycles. The van der Waals surface area contributed by atoms with Gasteiger partial charge in [0.2, 0.25) is 0 Å². The minimum absolute atomic E-state index is 0.468. The first-order valence-corrected chi connectivity index (χ1v) is 15.4. The van der Waals surface area contributed by atoms with E-state index < -0.39 is 5.41 Å². The largest absolute Gasteiger partial charge is 0.454 e. The van der Waals surface area contributed by atoms with Crippen LogP contribution in [0.2, 0.25) is 0 Å². The lowest BCUT2D eigenvalue weighted by atomic mass is 9.67. The number of benzene rings is 6. The van der Waals surface area contributed by atoms with Crippen LogP contribution < -0.4 is 0 Å². The second-order valence-electron chi connectivity index (χ2n) is 11.9.